The van der Waals surface area contributed by atoms with Gasteiger partial charge in [-0.1, -0.05) is 35.5 Å². The van der Waals surface area contributed by atoms with Gasteiger partial charge in [0.05, 0.1) is 21.9 Å². The Balaban J connectivity index is 1.96. The highest BCUT2D eigenvalue weighted by Gasteiger charge is 2.19. The number of nitro groups is 1. The fraction of sp³-hybridized carbons (Fsp3) is 0.222. The zero-order valence-electron chi connectivity index (χ0n) is 13.5. The van der Waals surface area contributed by atoms with Gasteiger partial charge in [-0.3, -0.25) is 10.1 Å². The molecule has 0 saturated carbocycles. The lowest BCUT2D eigenvalue weighted by molar-refractivity contribution is -0.385. The van der Waals surface area contributed by atoms with Crippen LogP contribution in [0.4, 0.5) is 5.69 Å². The Labute approximate surface area is 139 Å². The van der Waals surface area contributed by atoms with Crippen molar-refractivity contribution in [3.63, 3.8) is 0 Å². The van der Waals surface area contributed by atoms with Crippen molar-refractivity contribution in [2.75, 3.05) is 0 Å². The third-order valence-electron chi connectivity index (χ3n) is 3.98. The maximum Gasteiger partial charge on any atom is 0.290 e. The van der Waals surface area contributed by atoms with Crippen molar-refractivity contribution in [3.05, 3.63) is 75.3 Å². The Morgan fingerprint density at radius 3 is 2.54 bits per heavy atom. The summed E-state index contributed by atoms with van der Waals surface area (Å²) in [7, 11) is 0. The Hall–Kier alpha value is -3.02. The number of pyridine rings is 1. The first-order chi connectivity index (χ1) is 11.6. The van der Waals surface area contributed by atoms with Crippen LogP contribution < -0.4 is 0 Å². The molecule has 0 aliphatic rings. The topological polar surface area (TPSA) is 82.1 Å². The van der Waals surface area contributed by atoms with E-state index in [9.17, 15) is 10.1 Å². The highest BCUT2D eigenvalue weighted by Crippen LogP contribution is 2.29. The second-order valence-electron chi connectivity index (χ2n) is 5.64. The van der Waals surface area contributed by atoms with Crippen molar-refractivity contribution in [1.82, 2.24) is 10.1 Å². The highest BCUT2D eigenvalue weighted by atomic mass is 16.6. The number of hydrogen-bond acceptors (Lipinski definition) is 5. The van der Waals surface area contributed by atoms with Gasteiger partial charge in [-0.05, 0) is 38.3 Å². The Kier molecular flexibility index (Phi) is 4.37. The molecule has 6 heteroatoms. The first kappa shape index (κ1) is 15.9. The molecule has 0 fully saturated rings. The molecule has 3 rings (SSSR count). The van der Waals surface area contributed by atoms with Gasteiger partial charge in [0, 0.05) is 5.56 Å². The third-order valence-corrected chi connectivity index (χ3v) is 3.98. The molecule has 2 heterocycles. The molecule has 0 atom stereocenters. The molecule has 2 aromatic heterocycles. The second kappa shape index (κ2) is 6.62. The zero-order chi connectivity index (χ0) is 17.1. The van der Waals surface area contributed by atoms with E-state index < -0.39 is 0 Å². The predicted octanol–water partition coefficient (Wildman–Crippen LogP) is 4.05. The van der Waals surface area contributed by atoms with E-state index in [0.29, 0.717) is 23.4 Å². The number of rotatable bonds is 5. The van der Waals surface area contributed by atoms with Crippen LogP contribution in [0.5, 0.6) is 0 Å². The molecule has 0 N–H and O–H groups in total. The van der Waals surface area contributed by atoms with Crippen LogP contribution in [0.25, 0.3) is 11.3 Å². The predicted molar refractivity (Wildman–Crippen MR) is 89.7 cm³/mol. The summed E-state index contributed by atoms with van der Waals surface area (Å²) in [5.74, 6) is 0.655. The summed E-state index contributed by atoms with van der Waals surface area (Å²) in [5, 5.41) is 15.2. The van der Waals surface area contributed by atoms with Crippen LogP contribution in [0.3, 0.4) is 0 Å². The monoisotopic (exact) mass is 323 g/mol. The zero-order valence-corrected chi connectivity index (χ0v) is 13.5. The number of aryl methyl sites for hydroxylation is 4. The van der Waals surface area contributed by atoms with Crippen LogP contribution in [-0.4, -0.2) is 15.1 Å². The summed E-state index contributed by atoms with van der Waals surface area (Å²) in [6, 6.07) is 11.7. The van der Waals surface area contributed by atoms with Crippen LogP contribution >= 0.6 is 0 Å². The van der Waals surface area contributed by atoms with E-state index in [1.54, 1.807) is 6.07 Å². The molecule has 0 unspecified atom stereocenters. The standard InChI is InChI=1S/C18H17N3O3/c1-12-18(13(2)24-20-12)16-10-15(17(11-19-16)21(22)23)9-8-14-6-4-3-5-7-14/h3-7,10-11H,8-9H2,1-2H3. The molecule has 3 aromatic rings. The lowest BCUT2D eigenvalue weighted by Gasteiger charge is -2.06. The summed E-state index contributed by atoms with van der Waals surface area (Å²) in [6.45, 7) is 3.64. The van der Waals surface area contributed by atoms with Gasteiger partial charge in [0.2, 0.25) is 0 Å². The quantitative estimate of drug-likeness (QED) is 0.522. The minimum Gasteiger partial charge on any atom is -0.361 e. The van der Waals surface area contributed by atoms with Gasteiger partial charge in [0.15, 0.2) is 0 Å². The normalized spacial score (nSPS) is 10.8. The van der Waals surface area contributed by atoms with Crippen LogP contribution in [0.2, 0.25) is 0 Å². The van der Waals surface area contributed by atoms with Crippen molar-refractivity contribution < 1.29 is 9.45 Å². The van der Waals surface area contributed by atoms with Crippen molar-refractivity contribution >= 4 is 5.69 Å². The maximum atomic E-state index is 11.3. The highest BCUT2D eigenvalue weighted by molar-refractivity contribution is 5.65. The van der Waals surface area contributed by atoms with Gasteiger partial charge in [0.1, 0.15) is 12.0 Å². The number of hydrogen-bond donors (Lipinski definition) is 0. The van der Waals surface area contributed by atoms with Crippen LogP contribution in [0.15, 0.2) is 47.1 Å². The molecule has 0 saturated heterocycles. The maximum absolute atomic E-state index is 11.3. The molecular formula is C18H17N3O3. The first-order valence-corrected chi connectivity index (χ1v) is 7.66. The minimum absolute atomic E-state index is 0.0430. The molecule has 6 nitrogen and oxygen atoms in total. The molecule has 122 valence electrons. The summed E-state index contributed by atoms with van der Waals surface area (Å²) in [5.41, 5.74) is 4.02. The second-order valence-corrected chi connectivity index (χ2v) is 5.64. The Morgan fingerprint density at radius 2 is 1.92 bits per heavy atom. The van der Waals surface area contributed by atoms with Gasteiger partial charge in [0.25, 0.3) is 5.69 Å². The lowest BCUT2D eigenvalue weighted by Crippen LogP contribution is -2.00. The average molecular weight is 323 g/mol. The minimum atomic E-state index is -0.384. The fourth-order valence-electron chi connectivity index (χ4n) is 2.76. The van der Waals surface area contributed by atoms with Gasteiger partial charge in [-0.2, -0.15) is 0 Å². The van der Waals surface area contributed by atoms with E-state index in [4.69, 9.17) is 4.52 Å². The van der Waals surface area contributed by atoms with E-state index in [1.807, 2.05) is 44.2 Å². The van der Waals surface area contributed by atoms with E-state index in [0.717, 1.165) is 23.2 Å². The summed E-state index contributed by atoms with van der Waals surface area (Å²) < 4.78 is 5.17. The van der Waals surface area contributed by atoms with Gasteiger partial charge in [-0.15, -0.1) is 0 Å². The first-order valence-electron chi connectivity index (χ1n) is 7.66. The lowest BCUT2D eigenvalue weighted by atomic mass is 10.0. The van der Waals surface area contributed by atoms with E-state index in [-0.39, 0.29) is 10.6 Å². The third kappa shape index (κ3) is 3.17. The van der Waals surface area contributed by atoms with E-state index in [1.165, 1.54) is 6.20 Å². The van der Waals surface area contributed by atoms with Crippen LogP contribution in [0, 0.1) is 24.0 Å². The van der Waals surface area contributed by atoms with Crippen molar-refractivity contribution in [3.8, 4) is 11.3 Å². The average Bonchev–Trinajstić information content (AvgIpc) is 2.92. The SMILES string of the molecule is Cc1noc(C)c1-c1cc(CCc2ccccc2)c([N+](=O)[O-])cn1. The summed E-state index contributed by atoms with van der Waals surface area (Å²) in [4.78, 5) is 15.2. The van der Waals surface area contributed by atoms with Crippen LogP contribution in [-0.2, 0) is 12.8 Å². The van der Waals surface area contributed by atoms with Crippen molar-refractivity contribution in [2.45, 2.75) is 26.7 Å². The Morgan fingerprint density at radius 1 is 1.17 bits per heavy atom. The Bertz CT molecular complexity index is 853. The molecule has 0 aliphatic heterocycles. The number of nitrogens with zero attached hydrogens (tertiary/aromatic N) is 3. The van der Waals surface area contributed by atoms with Crippen molar-refractivity contribution in [1.29, 1.82) is 0 Å². The van der Waals surface area contributed by atoms with E-state index in [2.05, 4.69) is 10.1 Å². The fourth-order valence-corrected chi connectivity index (χ4v) is 2.76. The molecule has 0 radical (unpaired) electrons. The van der Waals surface area contributed by atoms with Gasteiger partial charge >= 0.3 is 0 Å². The van der Waals surface area contributed by atoms with Gasteiger partial charge < -0.3 is 4.52 Å². The van der Waals surface area contributed by atoms with E-state index >= 15 is 0 Å². The smallest absolute Gasteiger partial charge is 0.290 e. The summed E-state index contributed by atoms with van der Waals surface area (Å²) in [6.07, 6.45) is 2.62. The number of aromatic nitrogens is 2. The molecule has 0 spiro atoms. The molecule has 0 aliphatic carbocycles. The number of benzene rings is 1. The molecule has 24 heavy (non-hydrogen) atoms. The largest absolute Gasteiger partial charge is 0.361 e. The van der Waals surface area contributed by atoms with Gasteiger partial charge in [-0.25, -0.2) is 4.98 Å². The van der Waals surface area contributed by atoms with Crippen molar-refractivity contribution in [2.24, 2.45) is 0 Å². The van der Waals surface area contributed by atoms with Crippen LogP contribution in [0.1, 0.15) is 22.6 Å². The molecule has 1 aromatic carbocycles. The molecular weight excluding hydrogens is 306 g/mol. The molecule has 0 amide bonds. The summed E-state index contributed by atoms with van der Waals surface area (Å²) >= 11 is 0. The molecule has 0 bridgehead atoms.